The summed E-state index contributed by atoms with van der Waals surface area (Å²) >= 11 is 6.10. The molecule has 1 N–H and O–H groups in total. The second kappa shape index (κ2) is 6.83. The Hall–Kier alpha value is -2.21. The number of ether oxygens (including phenoxy) is 1. The van der Waals surface area contributed by atoms with Gasteiger partial charge in [-0.3, -0.25) is 0 Å². The molecule has 0 radical (unpaired) electrons. The summed E-state index contributed by atoms with van der Waals surface area (Å²) in [4.78, 5) is 11.3. The maximum atomic E-state index is 13.3. The Labute approximate surface area is 153 Å². The van der Waals surface area contributed by atoms with Crippen molar-refractivity contribution in [1.29, 1.82) is 0 Å². The number of aliphatic carboxylic acids is 1. The van der Waals surface area contributed by atoms with E-state index in [9.17, 15) is 18.0 Å². The summed E-state index contributed by atoms with van der Waals surface area (Å²) < 4.78 is 45.1. The van der Waals surface area contributed by atoms with Gasteiger partial charge in [-0.15, -0.1) is 0 Å². The summed E-state index contributed by atoms with van der Waals surface area (Å²) in [6.07, 6.45) is 0.758. The highest BCUT2D eigenvalue weighted by molar-refractivity contribution is 6.31. The van der Waals surface area contributed by atoms with Gasteiger partial charge in [0.15, 0.2) is 0 Å². The predicted molar refractivity (Wildman–Crippen MR) is 92.2 cm³/mol. The van der Waals surface area contributed by atoms with E-state index >= 15 is 0 Å². The highest BCUT2D eigenvalue weighted by atomic mass is 35.5. The lowest BCUT2D eigenvalue weighted by Crippen LogP contribution is -2.40. The van der Waals surface area contributed by atoms with Gasteiger partial charge in [0.2, 0.25) is 6.10 Å². The van der Waals surface area contributed by atoms with Gasteiger partial charge >= 0.3 is 12.1 Å². The Morgan fingerprint density at radius 3 is 2.73 bits per heavy atom. The van der Waals surface area contributed by atoms with Crippen molar-refractivity contribution in [2.75, 3.05) is 0 Å². The average Bonchev–Trinajstić information content (AvgIpc) is 2.54. The predicted octanol–water partition coefficient (Wildman–Crippen LogP) is 5.20. The molecule has 2 aliphatic rings. The van der Waals surface area contributed by atoms with Crippen LogP contribution in [-0.4, -0.2) is 23.4 Å². The van der Waals surface area contributed by atoms with Gasteiger partial charge in [-0.1, -0.05) is 42.3 Å². The standard InChI is InChI=1S/C19H16ClF3O3/c1-10-4-2-3-5-11(10)6-12-7-14(20)8-13-9-15(18(24)25)17(19(21,22)23)26-16(12)13/h2-3,5,7-10,17H,4,6H2,1H3,(H,24,25). The molecule has 0 saturated heterocycles. The minimum atomic E-state index is -4.83. The van der Waals surface area contributed by atoms with Crippen molar-refractivity contribution in [3.8, 4) is 5.75 Å². The number of hydrogen-bond acceptors (Lipinski definition) is 2. The summed E-state index contributed by atoms with van der Waals surface area (Å²) in [6.45, 7) is 2.04. The molecule has 7 heteroatoms. The van der Waals surface area contributed by atoms with Gasteiger partial charge in [0.25, 0.3) is 0 Å². The minimum Gasteiger partial charge on any atom is -0.478 e. The summed E-state index contributed by atoms with van der Waals surface area (Å²) in [5, 5.41) is 9.45. The molecule has 0 aromatic heterocycles. The summed E-state index contributed by atoms with van der Waals surface area (Å²) in [7, 11) is 0. The maximum Gasteiger partial charge on any atom is 0.430 e. The third-order valence-electron chi connectivity index (χ3n) is 4.50. The lowest BCUT2D eigenvalue weighted by atomic mass is 9.87. The Morgan fingerprint density at radius 1 is 1.38 bits per heavy atom. The van der Waals surface area contributed by atoms with Crippen molar-refractivity contribution >= 4 is 23.6 Å². The van der Waals surface area contributed by atoms with Crippen LogP contribution in [-0.2, 0) is 11.2 Å². The fourth-order valence-corrected chi connectivity index (χ4v) is 3.39. The largest absolute Gasteiger partial charge is 0.478 e. The number of halogens is 4. The maximum absolute atomic E-state index is 13.3. The van der Waals surface area contributed by atoms with Gasteiger partial charge in [0.1, 0.15) is 5.75 Å². The average molecular weight is 385 g/mol. The van der Waals surface area contributed by atoms with Gasteiger partial charge < -0.3 is 9.84 Å². The minimum absolute atomic E-state index is 0.0318. The highest BCUT2D eigenvalue weighted by Gasteiger charge is 2.48. The Morgan fingerprint density at radius 2 is 2.12 bits per heavy atom. The molecule has 1 aliphatic carbocycles. The molecule has 0 amide bonds. The quantitative estimate of drug-likeness (QED) is 0.779. The highest BCUT2D eigenvalue weighted by Crippen LogP contribution is 2.41. The number of fused-ring (bicyclic) bond motifs is 1. The molecular formula is C19H16ClF3O3. The molecule has 3 nitrogen and oxygen atoms in total. The van der Waals surface area contributed by atoms with Gasteiger partial charge in [-0.2, -0.15) is 13.2 Å². The molecule has 2 atom stereocenters. The lowest BCUT2D eigenvalue weighted by molar-refractivity contribution is -0.187. The number of hydrogen-bond donors (Lipinski definition) is 1. The number of allylic oxidation sites excluding steroid dienone is 4. The van der Waals surface area contributed by atoms with Crippen LogP contribution in [0.25, 0.3) is 6.08 Å². The molecule has 2 unspecified atom stereocenters. The summed E-state index contributed by atoms with van der Waals surface area (Å²) in [6, 6.07) is 2.98. The first-order valence-electron chi connectivity index (χ1n) is 8.03. The van der Waals surface area contributed by atoms with Crippen LogP contribution >= 0.6 is 11.6 Å². The van der Waals surface area contributed by atoms with E-state index in [1.54, 1.807) is 6.07 Å². The van der Waals surface area contributed by atoms with E-state index in [1.807, 2.05) is 25.2 Å². The zero-order valence-electron chi connectivity index (χ0n) is 13.8. The second-order valence-corrected chi connectivity index (χ2v) is 6.85. The molecule has 0 spiro atoms. The molecule has 26 heavy (non-hydrogen) atoms. The molecule has 3 rings (SSSR count). The Bertz CT molecular complexity index is 837. The summed E-state index contributed by atoms with van der Waals surface area (Å²) in [5.74, 6) is -1.39. The number of carboxylic acids is 1. The van der Waals surface area contributed by atoms with Crippen LogP contribution in [0.15, 0.2) is 41.5 Å². The molecule has 1 aliphatic heterocycles. The van der Waals surface area contributed by atoms with E-state index in [-0.39, 0.29) is 17.2 Å². The van der Waals surface area contributed by atoms with E-state index in [0.717, 1.165) is 18.1 Å². The molecule has 138 valence electrons. The van der Waals surface area contributed by atoms with Crippen molar-refractivity contribution in [2.24, 2.45) is 5.92 Å². The van der Waals surface area contributed by atoms with Crippen LogP contribution < -0.4 is 4.74 Å². The molecule has 1 heterocycles. The van der Waals surface area contributed by atoms with Gasteiger partial charge in [0, 0.05) is 16.1 Å². The second-order valence-electron chi connectivity index (χ2n) is 6.41. The van der Waals surface area contributed by atoms with E-state index in [4.69, 9.17) is 21.4 Å². The van der Waals surface area contributed by atoms with Crippen LogP contribution in [0.1, 0.15) is 24.5 Å². The first-order chi connectivity index (χ1) is 12.2. The fourth-order valence-electron chi connectivity index (χ4n) is 3.14. The van der Waals surface area contributed by atoms with Gasteiger partial charge in [-0.25, -0.2) is 4.79 Å². The first kappa shape index (κ1) is 18.6. The zero-order chi connectivity index (χ0) is 19.1. The molecular weight excluding hydrogens is 369 g/mol. The smallest absolute Gasteiger partial charge is 0.430 e. The van der Waals surface area contributed by atoms with Gasteiger partial charge in [0.05, 0.1) is 5.57 Å². The topological polar surface area (TPSA) is 46.5 Å². The van der Waals surface area contributed by atoms with Crippen molar-refractivity contribution in [2.45, 2.75) is 32.0 Å². The Kier molecular flexibility index (Phi) is 4.88. The van der Waals surface area contributed by atoms with Crippen molar-refractivity contribution in [3.05, 3.63) is 57.7 Å². The number of carboxylic acid groups (broad SMARTS) is 1. The van der Waals surface area contributed by atoms with E-state index in [1.165, 1.54) is 6.07 Å². The van der Waals surface area contributed by atoms with Crippen molar-refractivity contribution < 1.29 is 27.8 Å². The molecule has 0 saturated carbocycles. The summed E-state index contributed by atoms with van der Waals surface area (Å²) in [5.41, 5.74) is 0.948. The van der Waals surface area contributed by atoms with Crippen LogP contribution in [0.2, 0.25) is 5.02 Å². The Balaban J connectivity index is 2.07. The normalized spacial score (nSPS) is 22.2. The lowest BCUT2D eigenvalue weighted by Gasteiger charge is -2.29. The van der Waals surface area contributed by atoms with Crippen molar-refractivity contribution in [1.82, 2.24) is 0 Å². The monoisotopic (exact) mass is 384 g/mol. The van der Waals surface area contributed by atoms with Crippen LogP contribution in [0.3, 0.4) is 0 Å². The van der Waals surface area contributed by atoms with E-state index in [0.29, 0.717) is 17.0 Å². The first-order valence-corrected chi connectivity index (χ1v) is 8.41. The van der Waals surface area contributed by atoms with E-state index in [2.05, 4.69) is 0 Å². The van der Waals surface area contributed by atoms with Crippen molar-refractivity contribution in [3.63, 3.8) is 0 Å². The van der Waals surface area contributed by atoms with Gasteiger partial charge in [-0.05, 0) is 37.0 Å². The SMILES string of the molecule is CC1CC=CC=C1Cc1cc(Cl)cc2c1OC(C(F)(F)F)C(C(=O)O)=C2. The number of carbonyl (C=O) groups is 1. The fraction of sp³-hybridized carbons (Fsp3) is 0.316. The molecule has 1 aromatic rings. The third-order valence-corrected chi connectivity index (χ3v) is 4.71. The molecule has 0 fully saturated rings. The number of alkyl halides is 3. The molecule has 0 bridgehead atoms. The number of benzene rings is 1. The van der Waals surface area contributed by atoms with Crippen LogP contribution in [0, 0.1) is 5.92 Å². The van der Waals surface area contributed by atoms with E-state index < -0.39 is 23.8 Å². The van der Waals surface area contributed by atoms with Crippen LogP contribution in [0.5, 0.6) is 5.75 Å². The number of rotatable bonds is 3. The third kappa shape index (κ3) is 3.65. The zero-order valence-corrected chi connectivity index (χ0v) is 14.6. The molecule has 1 aromatic carbocycles. The van der Waals surface area contributed by atoms with Crippen LogP contribution in [0.4, 0.5) is 13.2 Å².